The van der Waals surface area contributed by atoms with E-state index in [1.54, 1.807) is 0 Å². The molecule has 2 aromatic carbocycles. The van der Waals surface area contributed by atoms with Gasteiger partial charge in [0.25, 0.3) is 0 Å². The molecule has 0 unspecified atom stereocenters. The Morgan fingerprint density at radius 1 is 0.760 bits per heavy atom. The molecule has 0 fully saturated rings. The fraction of sp³-hybridized carbons (Fsp3) is 0.200. The van der Waals surface area contributed by atoms with Crippen molar-refractivity contribution in [2.45, 2.75) is 32.6 Å². The maximum atomic E-state index is 2.41. The summed E-state index contributed by atoms with van der Waals surface area (Å²) in [4.78, 5) is 0. The second kappa shape index (κ2) is 7.11. The molecule has 2 aromatic rings. The topological polar surface area (TPSA) is 0 Å². The third-order valence-corrected chi connectivity index (χ3v) is 5.11. The van der Waals surface area contributed by atoms with Crippen LogP contribution in [0.2, 0.25) is 0 Å². The van der Waals surface area contributed by atoms with E-state index in [0.29, 0.717) is 0 Å². The van der Waals surface area contributed by atoms with Crippen molar-refractivity contribution in [1.29, 1.82) is 0 Å². The Morgan fingerprint density at radius 2 is 1.56 bits per heavy atom. The SMILES string of the molecule is Cc1ccc(-c2cccc(C3=CCCC(C4=CC=CCC4)=C3)c2)cc1. The molecule has 0 saturated carbocycles. The van der Waals surface area contributed by atoms with Gasteiger partial charge >= 0.3 is 0 Å². The molecule has 0 atom stereocenters. The molecule has 0 saturated heterocycles. The van der Waals surface area contributed by atoms with Gasteiger partial charge in [-0.25, -0.2) is 0 Å². The van der Waals surface area contributed by atoms with Gasteiger partial charge in [-0.2, -0.15) is 0 Å². The molecule has 0 aromatic heterocycles. The molecule has 0 N–H and O–H groups in total. The summed E-state index contributed by atoms with van der Waals surface area (Å²) in [7, 11) is 0. The zero-order chi connectivity index (χ0) is 17.1. The van der Waals surface area contributed by atoms with E-state index in [1.165, 1.54) is 58.2 Å². The minimum absolute atomic E-state index is 1.14. The van der Waals surface area contributed by atoms with E-state index in [0.717, 1.165) is 6.42 Å². The molecule has 4 rings (SSSR count). The summed E-state index contributed by atoms with van der Waals surface area (Å²) >= 11 is 0. The van der Waals surface area contributed by atoms with Gasteiger partial charge in [0.05, 0.1) is 0 Å². The third-order valence-electron chi connectivity index (χ3n) is 5.11. The lowest BCUT2D eigenvalue weighted by atomic mass is 9.87. The Hall–Kier alpha value is -2.60. The number of allylic oxidation sites excluding steroid dienone is 8. The molecule has 2 aliphatic rings. The average molecular weight is 324 g/mol. The predicted octanol–water partition coefficient (Wildman–Crippen LogP) is 7.04. The van der Waals surface area contributed by atoms with Crippen molar-refractivity contribution >= 4 is 5.57 Å². The molecule has 25 heavy (non-hydrogen) atoms. The Labute approximate surface area is 150 Å². The largest absolute Gasteiger partial charge is 0.0842 e. The first-order valence-corrected chi connectivity index (χ1v) is 9.24. The summed E-state index contributed by atoms with van der Waals surface area (Å²) in [5.41, 5.74) is 9.60. The lowest BCUT2D eigenvalue weighted by Crippen LogP contribution is -1.98. The van der Waals surface area contributed by atoms with Crippen LogP contribution in [-0.4, -0.2) is 0 Å². The number of rotatable bonds is 3. The second-order valence-electron chi connectivity index (χ2n) is 6.97. The maximum absolute atomic E-state index is 2.41. The van der Waals surface area contributed by atoms with Crippen LogP contribution in [0.3, 0.4) is 0 Å². The van der Waals surface area contributed by atoms with E-state index >= 15 is 0 Å². The van der Waals surface area contributed by atoms with Crippen LogP contribution in [0.1, 0.15) is 36.8 Å². The van der Waals surface area contributed by atoms with E-state index in [2.05, 4.69) is 85.8 Å². The smallest absolute Gasteiger partial charge is 0.0178 e. The van der Waals surface area contributed by atoms with Crippen molar-refractivity contribution in [1.82, 2.24) is 0 Å². The standard InChI is InChI=1S/C25H24/c1-19-13-15-21(16-14-19)23-10-6-12-25(18-23)24-11-5-9-22(17-24)20-7-3-2-4-8-20/h2-3,6-7,10-18H,4-5,8-9H2,1H3. The molecule has 0 amide bonds. The van der Waals surface area contributed by atoms with Gasteiger partial charge in [-0.15, -0.1) is 0 Å². The first-order chi connectivity index (χ1) is 12.3. The number of benzene rings is 2. The molecule has 0 radical (unpaired) electrons. The Balaban J connectivity index is 1.65. The van der Waals surface area contributed by atoms with Crippen molar-refractivity contribution < 1.29 is 0 Å². The van der Waals surface area contributed by atoms with Crippen LogP contribution in [0.4, 0.5) is 0 Å². The van der Waals surface area contributed by atoms with Crippen LogP contribution in [0.15, 0.2) is 90.1 Å². The van der Waals surface area contributed by atoms with Gasteiger partial charge in [-0.1, -0.05) is 78.4 Å². The summed E-state index contributed by atoms with van der Waals surface area (Å²) in [5, 5.41) is 0. The number of hydrogen-bond acceptors (Lipinski definition) is 0. The van der Waals surface area contributed by atoms with Crippen LogP contribution < -0.4 is 0 Å². The monoisotopic (exact) mass is 324 g/mol. The van der Waals surface area contributed by atoms with Gasteiger partial charge in [0.15, 0.2) is 0 Å². The molecule has 2 aliphatic carbocycles. The summed E-state index contributed by atoms with van der Waals surface area (Å²) < 4.78 is 0. The van der Waals surface area contributed by atoms with Gasteiger partial charge in [-0.3, -0.25) is 0 Å². The van der Waals surface area contributed by atoms with Crippen molar-refractivity contribution in [2.24, 2.45) is 0 Å². The van der Waals surface area contributed by atoms with Gasteiger partial charge in [0.1, 0.15) is 0 Å². The third kappa shape index (κ3) is 3.58. The van der Waals surface area contributed by atoms with E-state index in [9.17, 15) is 0 Å². The van der Waals surface area contributed by atoms with Crippen LogP contribution in [-0.2, 0) is 0 Å². The molecular weight excluding hydrogens is 300 g/mol. The van der Waals surface area contributed by atoms with Gasteiger partial charge in [-0.05, 0) is 72.1 Å². The molecule has 0 aliphatic heterocycles. The molecule has 0 nitrogen and oxygen atoms in total. The molecule has 0 heterocycles. The summed E-state index contributed by atoms with van der Waals surface area (Å²) in [6.07, 6.45) is 16.2. The number of hydrogen-bond donors (Lipinski definition) is 0. The zero-order valence-electron chi connectivity index (χ0n) is 14.8. The minimum atomic E-state index is 1.14. The van der Waals surface area contributed by atoms with E-state index in [1.807, 2.05) is 0 Å². The van der Waals surface area contributed by atoms with Crippen LogP contribution in [0, 0.1) is 6.92 Å². The van der Waals surface area contributed by atoms with E-state index in [4.69, 9.17) is 0 Å². The van der Waals surface area contributed by atoms with Crippen LogP contribution in [0.5, 0.6) is 0 Å². The fourth-order valence-electron chi connectivity index (χ4n) is 3.65. The summed E-state index contributed by atoms with van der Waals surface area (Å²) in [6, 6.07) is 17.7. The highest BCUT2D eigenvalue weighted by atomic mass is 14.2. The Morgan fingerprint density at radius 3 is 2.36 bits per heavy atom. The first-order valence-electron chi connectivity index (χ1n) is 9.24. The van der Waals surface area contributed by atoms with E-state index < -0.39 is 0 Å². The molecular formula is C25H24. The predicted molar refractivity (Wildman–Crippen MR) is 108 cm³/mol. The lowest BCUT2D eigenvalue weighted by Gasteiger charge is -2.18. The summed E-state index contributed by atoms with van der Waals surface area (Å²) in [6.45, 7) is 2.13. The van der Waals surface area contributed by atoms with Gasteiger partial charge in [0, 0.05) is 0 Å². The van der Waals surface area contributed by atoms with Crippen molar-refractivity contribution in [3.05, 3.63) is 101 Å². The highest BCUT2D eigenvalue weighted by Gasteiger charge is 2.12. The lowest BCUT2D eigenvalue weighted by molar-refractivity contribution is 0.900. The molecule has 0 heteroatoms. The maximum Gasteiger partial charge on any atom is -0.0178 e. The highest BCUT2D eigenvalue weighted by molar-refractivity contribution is 5.80. The second-order valence-corrected chi connectivity index (χ2v) is 6.97. The normalized spacial score (nSPS) is 16.9. The quantitative estimate of drug-likeness (QED) is 0.568. The van der Waals surface area contributed by atoms with Crippen molar-refractivity contribution in [3.8, 4) is 11.1 Å². The highest BCUT2D eigenvalue weighted by Crippen LogP contribution is 2.33. The zero-order valence-corrected chi connectivity index (χ0v) is 14.8. The van der Waals surface area contributed by atoms with Crippen molar-refractivity contribution in [3.63, 3.8) is 0 Å². The first kappa shape index (κ1) is 15.9. The Bertz CT molecular complexity index is 886. The van der Waals surface area contributed by atoms with Gasteiger partial charge in [0.2, 0.25) is 0 Å². The average Bonchev–Trinajstić information content (AvgIpc) is 2.69. The van der Waals surface area contributed by atoms with Gasteiger partial charge < -0.3 is 0 Å². The van der Waals surface area contributed by atoms with Crippen molar-refractivity contribution in [2.75, 3.05) is 0 Å². The minimum Gasteiger partial charge on any atom is -0.0842 e. The van der Waals surface area contributed by atoms with Crippen LogP contribution >= 0.6 is 0 Å². The fourth-order valence-corrected chi connectivity index (χ4v) is 3.65. The Kier molecular flexibility index (Phi) is 4.52. The van der Waals surface area contributed by atoms with E-state index in [-0.39, 0.29) is 0 Å². The number of aryl methyl sites for hydroxylation is 1. The molecule has 0 bridgehead atoms. The summed E-state index contributed by atoms with van der Waals surface area (Å²) in [5.74, 6) is 0. The molecule has 0 spiro atoms. The molecule has 124 valence electrons. The van der Waals surface area contributed by atoms with Crippen LogP contribution in [0.25, 0.3) is 16.7 Å².